The topological polar surface area (TPSA) is 114 Å². The maximum absolute atomic E-state index is 12.0. The summed E-state index contributed by atoms with van der Waals surface area (Å²) in [7, 11) is 0. The number of carbonyl (C=O) groups excluding carboxylic acids is 1. The summed E-state index contributed by atoms with van der Waals surface area (Å²) in [5, 5.41) is 6.76. The van der Waals surface area contributed by atoms with Crippen molar-refractivity contribution in [3.05, 3.63) is 63.7 Å². The van der Waals surface area contributed by atoms with Gasteiger partial charge < -0.3 is 14.8 Å². The van der Waals surface area contributed by atoms with Crippen LogP contribution in [0.4, 0.5) is 0 Å². The highest BCUT2D eigenvalue weighted by Gasteiger charge is 2.10. The first kappa shape index (κ1) is 18.5. The van der Waals surface area contributed by atoms with E-state index in [2.05, 4.69) is 25.4 Å². The van der Waals surface area contributed by atoms with Crippen LogP contribution in [0.2, 0.25) is 0 Å². The van der Waals surface area contributed by atoms with Crippen LogP contribution in [0.25, 0.3) is 11.4 Å². The molecule has 8 nitrogen and oxygen atoms in total. The smallest absolute Gasteiger partial charge is 0.226 e. The summed E-state index contributed by atoms with van der Waals surface area (Å²) in [5.41, 5.74) is 2.84. The summed E-state index contributed by atoms with van der Waals surface area (Å²) in [6.07, 6.45) is 6.44. The summed E-state index contributed by atoms with van der Waals surface area (Å²) < 4.78 is 5.22. The molecule has 8 heteroatoms. The van der Waals surface area contributed by atoms with E-state index in [1.807, 2.05) is 0 Å². The summed E-state index contributed by atoms with van der Waals surface area (Å²) in [6.45, 7) is 3.81. The van der Waals surface area contributed by atoms with E-state index in [1.54, 1.807) is 44.6 Å². The fourth-order valence-electron chi connectivity index (χ4n) is 2.64. The van der Waals surface area contributed by atoms with E-state index in [-0.39, 0.29) is 11.3 Å². The van der Waals surface area contributed by atoms with Crippen LogP contribution in [0.1, 0.15) is 35.6 Å². The van der Waals surface area contributed by atoms with Crippen molar-refractivity contribution in [2.45, 2.75) is 39.7 Å². The Labute approximate surface area is 156 Å². The Morgan fingerprint density at radius 1 is 1.26 bits per heavy atom. The number of carbonyl (C=O) groups is 1. The average Bonchev–Trinajstić information content (AvgIpc) is 3.15. The lowest BCUT2D eigenvalue weighted by molar-refractivity contribution is -0.121. The number of aryl methyl sites for hydroxylation is 2. The minimum Gasteiger partial charge on any atom is -0.363 e. The highest BCUT2D eigenvalue weighted by atomic mass is 16.5. The molecule has 1 amide bonds. The van der Waals surface area contributed by atoms with Crippen LogP contribution in [0, 0.1) is 13.8 Å². The summed E-state index contributed by atoms with van der Waals surface area (Å²) in [5.74, 6) is 0.911. The number of H-pyrrole nitrogens is 1. The molecule has 0 aliphatic rings. The Morgan fingerprint density at radius 3 is 2.81 bits per heavy atom. The SMILES string of the molecule is Cc1c[nH]c(CNC(=O)CCCc2nc(-c3ccncc3)no2)c(C)c1=O. The summed E-state index contributed by atoms with van der Waals surface area (Å²) in [4.78, 5) is 35.3. The Hall–Kier alpha value is -3.29. The van der Waals surface area contributed by atoms with Crippen LogP contribution in [-0.2, 0) is 17.8 Å². The van der Waals surface area contributed by atoms with Crippen LogP contribution < -0.4 is 10.7 Å². The lowest BCUT2D eigenvalue weighted by Crippen LogP contribution is -2.25. The van der Waals surface area contributed by atoms with Gasteiger partial charge in [0, 0.05) is 53.8 Å². The third kappa shape index (κ3) is 4.66. The third-order valence-electron chi connectivity index (χ3n) is 4.28. The number of aromatic amines is 1. The van der Waals surface area contributed by atoms with E-state index in [0.717, 1.165) is 11.3 Å². The molecule has 3 heterocycles. The number of hydrogen-bond donors (Lipinski definition) is 2. The molecule has 3 rings (SSSR count). The summed E-state index contributed by atoms with van der Waals surface area (Å²) >= 11 is 0. The molecule has 2 N–H and O–H groups in total. The van der Waals surface area contributed by atoms with Gasteiger partial charge in [0.1, 0.15) is 0 Å². The maximum atomic E-state index is 12.0. The number of rotatable bonds is 7. The Balaban J connectivity index is 1.46. The maximum Gasteiger partial charge on any atom is 0.226 e. The number of amides is 1. The predicted octanol–water partition coefficient (Wildman–Crippen LogP) is 2.08. The zero-order valence-electron chi connectivity index (χ0n) is 15.3. The molecule has 3 aromatic rings. The lowest BCUT2D eigenvalue weighted by Gasteiger charge is -2.08. The number of hydrogen-bond acceptors (Lipinski definition) is 6. The number of nitrogens with zero attached hydrogens (tertiary/aromatic N) is 3. The van der Waals surface area contributed by atoms with Gasteiger partial charge in [-0.1, -0.05) is 5.16 Å². The second-order valence-electron chi connectivity index (χ2n) is 6.28. The van der Waals surface area contributed by atoms with Crippen molar-refractivity contribution in [3.63, 3.8) is 0 Å². The van der Waals surface area contributed by atoms with Crippen LogP contribution in [0.5, 0.6) is 0 Å². The fourth-order valence-corrected chi connectivity index (χ4v) is 2.64. The molecule has 27 heavy (non-hydrogen) atoms. The molecule has 0 saturated carbocycles. The first-order chi connectivity index (χ1) is 13.0. The molecule has 0 spiro atoms. The van der Waals surface area contributed by atoms with Crippen LogP contribution in [0.15, 0.2) is 40.0 Å². The van der Waals surface area contributed by atoms with E-state index in [0.29, 0.717) is 48.6 Å². The van der Waals surface area contributed by atoms with Gasteiger partial charge in [-0.2, -0.15) is 4.98 Å². The van der Waals surface area contributed by atoms with Crippen LogP contribution >= 0.6 is 0 Å². The van der Waals surface area contributed by atoms with E-state index in [4.69, 9.17) is 4.52 Å². The van der Waals surface area contributed by atoms with Crippen LogP contribution in [-0.4, -0.2) is 26.0 Å². The van der Waals surface area contributed by atoms with E-state index < -0.39 is 0 Å². The monoisotopic (exact) mass is 367 g/mol. The van der Waals surface area contributed by atoms with Gasteiger partial charge in [-0.05, 0) is 32.4 Å². The largest absolute Gasteiger partial charge is 0.363 e. The minimum atomic E-state index is -0.0929. The molecule has 0 unspecified atom stereocenters. The van der Waals surface area contributed by atoms with Gasteiger partial charge in [0.05, 0.1) is 6.54 Å². The zero-order valence-corrected chi connectivity index (χ0v) is 15.3. The molecular weight excluding hydrogens is 346 g/mol. The highest BCUT2D eigenvalue weighted by Crippen LogP contribution is 2.15. The molecule has 0 radical (unpaired) electrons. The van der Waals surface area contributed by atoms with Gasteiger partial charge in [0.15, 0.2) is 5.43 Å². The van der Waals surface area contributed by atoms with Crippen molar-refractivity contribution >= 4 is 5.91 Å². The number of nitrogens with one attached hydrogen (secondary N) is 2. The molecule has 0 saturated heterocycles. The van der Waals surface area contributed by atoms with Crippen molar-refractivity contribution < 1.29 is 9.32 Å². The zero-order chi connectivity index (χ0) is 19.2. The van der Waals surface area contributed by atoms with Crippen molar-refractivity contribution in [2.24, 2.45) is 0 Å². The average molecular weight is 367 g/mol. The second-order valence-corrected chi connectivity index (χ2v) is 6.28. The molecule has 3 aromatic heterocycles. The molecule has 0 aliphatic carbocycles. The normalized spacial score (nSPS) is 10.7. The molecule has 0 atom stereocenters. The van der Waals surface area contributed by atoms with E-state index in [1.165, 1.54) is 0 Å². The number of pyridine rings is 2. The van der Waals surface area contributed by atoms with Gasteiger partial charge in [-0.3, -0.25) is 14.6 Å². The quantitative estimate of drug-likeness (QED) is 0.661. The fraction of sp³-hybridized carbons (Fsp3) is 0.316. The molecule has 0 aromatic carbocycles. The standard InChI is InChI=1S/C19H21N5O3/c1-12-10-21-15(13(2)18(12)26)11-22-16(25)4-3-5-17-23-19(24-27-17)14-6-8-20-9-7-14/h6-10H,3-5,11H2,1-2H3,(H,21,26)(H,22,25). The van der Waals surface area contributed by atoms with Crippen molar-refractivity contribution in [1.29, 1.82) is 0 Å². The predicted molar refractivity (Wildman–Crippen MR) is 98.9 cm³/mol. The molecule has 140 valence electrons. The molecule has 0 fully saturated rings. The summed E-state index contributed by atoms with van der Waals surface area (Å²) in [6, 6.07) is 3.61. The Morgan fingerprint density at radius 2 is 2.04 bits per heavy atom. The van der Waals surface area contributed by atoms with Crippen molar-refractivity contribution in [2.75, 3.05) is 0 Å². The van der Waals surface area contributed by atoms with Gasteiger partial charge in [-0.25, -0.2) is 0 Å². The Kier molecular flexibility index (Phi) is 5.75. The molecule has 0 bridgehead atoms. The minimum absolute atomic E-state index is 0.000561. The van der Waals surface area contributed by atoms with Crippen LogP contribution in [0.3, 0.4) is 0 Å². The van der Waals surface area contributed by atoms with Gasteiger partial charge >= 0.3 is 0 Å². The first-order valence-electron chi connectivity index (χ1n) is 8.72. The second kappa shape index (κ2) is 8.39. The first-order valence-corrected chi connectivity index (χ1v) is 8.72. The van der Waals surface area contributed by atoms with Gasteiger partial charge in [-0.15, -0.1) is 0 Å². The number of aromatic nitrogens is 4. The highest BCUT2D eigenvalue weighted by molar-refractivity contribution is 5.75. The van der Waals surface area contributed by atoms with Crippen molar-refractivity contribution in [3.8, 4) is 11.4 Å². The van der Waals surface area contributed by atoms with Crippen molar-refractivity contribution in [1.82, 2.24) is 25.4 Å². The third-order valence-corrected chi connectivity index (χ3v) is 4.28. The van der Waals surface area contributed by atoms with Gasteiger partial charge in [0.25, 0.3) is 0 Å². The molecule has 0 aliphatic heterocycles. The Bertz CT molecular complexity index is 979. The van der Waals surface area contributed by atoms with Gasteiger partial charge in [0.2, 0.25) is 17.6 Å². The van der Waals surface area contributed by atoms with E-state index in [9.17, 15) is 9.59 Å². The lowest BCUT2D eigenvalue weighted by atomic mass is 10.1. The van der Waals surface area contributed by atoms with E-state index >= 15 is 0 Å². The molecular formula is C19H21N5O3.